The lowest BCUT2D eigenvalue weighted by Crippen LogP contribution is -2.60. The SMILES string of the molecule is CC(C)(C)Nc1ncnc(NC2CC(C)(C)NC(C)(C)C2)c1[N+](=O)[O-]. The second-order valence-corrected chi connectivity index (χ2v) is 9.19. The second kappa shape index (κ2) is 6.40. The summed E-state index contributed by atoms with van der Waals surface area (Å²) in [6, 6.07) is 0.0855. The molecule has 1 aromatic heterocycles. The van der Waals surface area contributed by atoms with Crippen LogP contribution >= 0.6 is 0 Å². The number of nitro groups is 1. The molecule has 0 aliphatic carbocycles. The third-order valence-corrected chi connectivity index (χ3v) is 4.03. The molecule has 1 aliphatic rings. The largest absolute Gasteiger partial charge is 0.361 e. The van der Waals surface area contributed by atoms with Crippen LogP contribution in [0.25, 0.3) is 0 Å². The van der Waals surface area contributed by atoms with Crippen molar-refractivity contribution in [1.82, 2.24) is 15.3 Å². The van der Waals surface area contributed by atoms with Gasteiger partial charge in [-0.25, -0.2) is 9.97 Å². The Kier molecular flexibility index (Phi) is 4.96. The van der Waals surface area contributed by atoms with Gasteiger partial charge in [-0.3, -0.25) is 10.1 Å². The Morgan fingerprint density at radius 3 is 2.16 bits per heavy atom. The summed E-state index contributed by atoms with van der Waals surface area (Å²) in [6.45, 7) is 14.4. The van der Waals surface area contributed by atoms with Gasteiger partial charge in [-0.05, 0) is 61.3 Å². The Morgan fingerprint density at radius 1 is 1.16 bits per heavy atom. The molecule has 2 heterocycles. The van der Waals surface area contributed by atoms with Crippen molar-refractivity contribution in [1.29, 1.82) is 0 Å². The van der Waals surface area contributed by atoms with Crippen LogP contribution in [0.4, 0.5) is 17.3 Å². The Bertz CT molecular complexity index is 635. The van der Waals surface area contributed by atoms with Crippen LogP contribution in [-0.4, -0.2) is 37.5 Å². The minimum Gasteiger partial charge on any atom is -0.361 e. The van der Waals surface area contributed by atoms with Crippen LogP contribution in [0.15, 0.2) is 6.33 Å². The molecule has 8 nitrogen and oxygen atoms in total. The van der Waals surface area contributed by atoms with Gasteiger partial charge in [0.15, 0.2) is 0 Å². The summed E-state index contributed by atoms with van der Waals surface area (Å²) in [4.78, 5) is 19.5. The van der Waals surface area contributed by atoms with E-state index in [1.54, 1.807) is 0 Å². The van der Waals surface area contributed by atoms with Gasteiger partial charge in [0.1, 0.15) is 6.33 Å². The number of hydrogen-bond acceptors (Lipinski definition) is 7. The van der Waals surface area contributed by atoms with E-state index in [2.05, 4.69) is 53.6 Å². The van der Waals surface area contributed by atoms with Crippen molar-refractivity contribution in [2.45, 2.75) is 84.0 Å². The molecule has 0 amide bonds. The first-order valence-corrected chi connectivity index (χ1v) is 8.61. The first-order valence-electron chi connectivity index (χ1n) is 8.61. The van der Waals surface area contributed by atoms with Crippen molar-refractivity contribution in [3.8, 4) is 0 Å². The quantitative estimate of drug-likeness (QED) is 0.565. The lowest BCUT2D eigenvalue weighted by atomic mass is 9.79. The number of rotatable bonds is 4. The van der Waals surface area contributed by atoms with Crippen LogP contribution in [0.1, 0.15) is 61.3 Å². The Labute approximate surface area is 149 Å². The van der Waals surface area contributed by atoms with Crippen molar-refractivity contribution in [2.75, 3.05) is 10.6 Å². The van der Waals surface area contributed by atoms with Crippen LogP contribution in [0.3, 0.4) is 0 Å². The number of nitrogens with zero attached hydrogens (tertiary/aromatic N) is 3. The minimum atomic E-state index is -0.423. The predicted molar refractivity (Wildman–Crippen MR) is 100 cm³/mol. The summed E-state index contributed by atoms with van der Waals surface area (Å²) in [7, 11) is 0. The van der Waals surface area contributed by atoms with Gasteiger partial charge in [0.05, 0.1) is 4.92 Å². The van der Waals surface area contributed by atoms with Gasteiger partial charge in [-0.1, -0.05) is 0 Å². The second-order valence-electron chi connectivity index (χ2n) is 9.19. The lowest BCUT2D eigenvalue weighted by molar-refractivity contribution is -0.383. The molecule has 1 aromatic rings. The van der Waals surface area contributed by atoms with Gasteiger partial charge in [-0.2, -0.15) is 0 Å². The average molecular weight is 350 g/mol. The minimum absolute atomic E-state index is 0.0618. The molecular formula is C17H30N6O2. The number of nitrogens with one attached hydrogen (secondary N) is 3. The molecule has 25 heavy (non-hydrogen) atoms. The van der Waals surface area contributed by atoms with Gasteiger partial charge in [0.25, 0.3) is 0 Å². The highest BCUT2D eigenvalue weighted by molar-refractivity contribution is 5.70. The third kappa shape index (κ3) is 5.26. The molecule has 0 spiro atoms. The fraction of sp³-hybridized carbons (Fsp3) is 0.765. The van der Waals surface area contributed by atoms with Crippen molar-refractivity contribution >= 4 is 17.3 Å². The first-order chi connectivity index (χ1) is 11.3. The van der Waals surface area contributed by atoms with E-state index in [0.717, 1.165) is 12.8 Å². The highest BCUT2D eigenvalue weighted by atomic mass is 16.6. The third-order valence-electron chi connectivity index (χ3n) is 4.03. The zero-order valence-corrected chi connectivity index (χ0v) is 16.2. The molecule has 1 saturated heterocycles. The van der Waals surface area contributed by atoms with E-state index in [1.165, 1.54) is 6.33 Å². The summed E-state index contributed by atoms with van der Waals surface area (Å²) in [5.41, 5.74) is -0.567. The molecule has 1 aliphatic heterocycles. The van der Waals surface area contributed by atoms with Crippen LogP contribution in [0.2, 0.25) is 0 Å². The maximum Gasteiger partial charge on any atom is 0.353 e. The molecule has 2 rings (SSSR count). The predicted octanol–water partition coefficient (Wildman–Crippen LogP) is 3.32. The van der Waals surface area contributed by atoms with Crippen LogP contribution < -0.4 is 16.0 Å². The molecule has 0 saturated carbocycles. The van der Waals surface area contributed by atoms with E-state index in [-0.39, 0.29) is 40.0 Å². The Balaban J connectivity index is 2.33. The standard InChI is InChI=1S/C17H30N6O2/c1-15(2,3)21-14-12(23(24)25)13(18-10-19-14)20-11-8-16(4,5)22-17(6,7)9-11/h10-11,22H,8-9H2,1-7H3,(H2,18,19,20,21). The highest BCUT2D eigenvalue weighted by Gasteiger charge is 2.39. The molecule has 0 aromatic carbocycles. The molecule has 0 unspecified atom stereocenters. The van der Waals surface area contributed by atoms with E-state index < -0.39 is 4.92 Å². The number of hydrogen-bond donors (Lipinski definition) is 3. The molecule has 0 radical (unpaired) electrons. The highest BCUT2D eigenvalue weighted by Crippen LogP contribution is 2.35. The van der Waals surface area contributed by atoms with Gasteiger partial charge >= 0.3 is 5.69 Å². The van der Waals surface area contributed by atoms with Crippen LogP contribution in [-0.2, 0) is 0 Å². The van der Waals surface area contributed by atoms with Gasteiger partial charge in [0, 0.05) is 22.7 Å². The normalized spacial score (nSPS) is 20.1. The van der Waals surface area contributed by atoms with Gasteiger partial charge in [0.2, 0.25) is 11.6 Å². The average Bonchev–Trinajstić information content (AvgIpc) is 2.31. The smallest absolute Gasteiger partial charge is 0.353 e. The topological polar surface area (TPSA) is 105 Å². The van der Waals surface area contributed by atoms with Crippen LogP contribution in [0.5, 0.6) is 0 Å². The van der Waals surface area contributed by atoms with E-state index in [0.29, 0.717) is 0 Å². The first kappa shape index (κ1) is 19.4. The van der Waals surface area contributed by atoms with E-state index in [1.807, 2.05) is 20.8 Å². The van der Waals surface area contributed by atoms with E-state index >= 15 is 0 Å². The Morgan fingerprint density at radius 2 is 1.68 bits per heavy atom. The summed E-state index contributed by atoms with van der Waals surface area (Å²) < 4.78 is 0. The molecular weight excluding hydrogens is 320 g/mol. The fourth-order valence-corrected chi connectivity index (χ4v) is 3.72. The van der Waals surface area contributed by atoms with E-state index in [4.69, 9.17) is 0 Å². The Hall–Kier alpha value is -1.96. The maximum atomic E-state index is 11.7. The number of piperidine rings is 1. The zero-order valence-electron chi connectivity index (χ0n) is 16.2. The zero-order chi connectivity index (χ0) is 19.0. The molecule has 8 heteroatoms. The van der Waals surface area contributed by atoms with Crippen LogP contribution in [0, 0.1) is 10.1 Å². The molecule has 140 valence electrons. The van der Waals surface area contributed by atoms with Gasteiger partial charge in [-0.15, -0.1) is 0 Å². The van der Waals surface area contributed by atoms with Crippen molar-refractivity contribution in [3.63, 3.8) is 0 Å². The van der Waals surface area contributed by atoms with Crippen molar-refractivity contribution in [3.05, 3.63) is 16.4 Å². The number of anilines is 2. The molecule has 1 fully saturated rings. The molecule has 0 bridgehead atoms. The van der Waals surface area contributed by atoms with Gasteiger partial charge < -0.3 is 16.0 Å². The lowest BCUT2D eigenvalue weighted by Gasteiger charge is -2.46. The molecule has 0 atom stereocenters. The number of aromatic nitrogens is 2. The monoisotopic (exact) mass is 350 g/mol. The summed E-state index contributed by atoms with van der Waals surface area (Å²) in [5.74, 6) is 0.507. The fourth-order valence-electron chi connectivity index (χ4n) is 3.72. The summed E-state index contributed by atoms with van der Waals surface area (Å²) >= 11 is 0. The summed E-state index contributed by atoms with van der Waals surface area (Å²) in [6.07, 6.45) is 3.06. The van der Waals surface area contributed by atoms with E-state index in [9.17, 15) is 10.1 Å². The maximum absolute atomic E-state index is 11.7. The van der Waals surface area contributed by atoms with Crippen molar-refractivity contribution < 1.29 is 4.92 Å². The molecule has 3 N–H and O–H groups in total. The summed E-state index contributed by atoms with van der Waals surface area (Å²) in [5, 5.41) is 21.7. The van der Waals surface area contributed by atoms with Crippen molar-refractivity contribution in [2.24, 2.45) is 0 Å².